The molecule has 1 aromatic rings. The molecule has 0 heterocycles. The first-order valence-electron chi connectivity index (χ1n) is 8.33. The van der Waals surface area contributed by atoms with E-state index < -0.39 is 0 Å². The SMILES string of the molecule is CCC(C)NC(=O)CCN(C(C)=O)c1ccc(C(C)(C)C)cc1. The van der Waals surface area contributed by atoms with Gasteiger partial charge in [-0.3, -0.25) is 9.59 Å². The van der Waals surface area contributed by atoms with Gasteiger partial charge in [-0.2, -0.15) is 0 Å². The van der Waals surface area contributed by atoms with E-state index in [1.54, 1.807) is 4.90 Å². The van der Waals surface area contributed by atoms with E-state index >= 15 is 0 Å². The van der Waals surface area contributed by atoms with E-state index in [-0.39, 0.29) is 23.3 Å². The van der Waals surface area contributed by atoms with Crippen molar-refractivity contribution in [1.82, 2.24) is 5.32 Å². The van der Waals surface area contributed by atoms with E-state index in [0.717, 1.165) is 12.1 Å². The largest absolute Gasteiger partial charge is 0.354 e. The highest BCUT2D eigenvalue weighted by Gasteiger charge is 2.17. The summed E-state index contributed by atoms with van der Waals surface area (Å²) in [4.78, 5) is 25.5. The summed E-state index contributed by atoms with van der Waals surface area (Å²) in [6, 6.07) is 8.16. The van der Waals surface area contributed by atoms with Crippen molar-refractivity contribution in [2.75, 3.05) is 11.4 Å². The predicted molar refractivity (Wildman–Crippen MR) is 95.7 cm³/mol. The number of amides is 2. The molecule has 1 aromatic carbocycles. The van der Waals surface area contributed by atoms with E-state index in [0.29, 0.717) is 13.0 Å². The molecule has 0 aliphatic carbocycles. The van der Waals surface area contributed by atoms with Crippen molar-refractivity contribution in [3.05, 3.63) is 29.8 Å². The van der Waals surface area contributed by atoms with Gasteiger partial charge in [0.15, 0.2) is 0 Å². The second-order valence-corrected chi connectivity index (χ2v) is 7.09. The highest BCUT2D eigenvalue weighted by Crippen LogP contribution is 2.25. The van der Waals surface area contributed by atoms with Crippen LogP contribution in [0.5, 0.6) is 0 Å². The van der Waals surface area contributed by atoms with Crippen LogP contribution in [0.1, 0.15) is 59.9 Å². The number of benzene rings is 1. The average molecular weight is 318 g/mol. The Bertz CT molecular complexity index is 529. The van der Waals surface area contributed by atoms with Gasteiger partial charge in [-0.25, -0.2) is 0 Å². The van der Waals surface area contributed by atoms with Crippen LogP contribution in [0.15, 0.2) is 24.3 Å². The van der Waals surface area contributed by atoms with Crippen LogP contribution in [0, 0.1) is 0 Å². The molecule has 0 aromatic heterocycles. The normalized spacial score (nSPS) is 12.6. The maximum atomic E-state index is 11.9. The molecule has 1 unspecified atom stereocenters. The second kappa shape index (κ2) is 8.14. The lowest BCUT2D eigenvalue weighted by Gasteiger charge is -2.24. The van der Waals surface area contributed by atoms with Gasteiger partial charge in [0, 0.05) is 31.6 Å². The Kier molecular flexibility index (Phi) is 6.79. The van der Waals surface area contributed by atoms with E-state index in [1.807, 2.05) is 38.1 Å². The Hall–Kier alpha value is -1.84. The number of anilines is 1. The van der Waals surface area contributed by atoms with Crippen LogP contribution < -0.4 is 10.2 Å². The van der Waals surface area contributed by atoms with Gasteiger partial charge < -0.3 is 10.2 Å². The fourth-order valence-corrected chi connectivity index (χ4v) is 2.27. The van der Waals surface area contributed by atoms with Crippen LogP contribution in [0.25, 0.3) is 0 Å². The molecule has 4 nitrogen and oxygen atoms in total. The summed E-state index contributed by atoms with van der Waals surface area (Å²) >= 11 is 0. The van der Waals surface area contributed by atoms with Crippen molar-refractivity contribution < 1.29 is 9.59 Å². The van der Waals surface area contributed by atoms with Crippen LogP contribution in [0.4, 0.5) is 5.69 Å². The Balaban J connectivity index is 2.76. The third-order valence-corrected chi connectivity index (χ3v) is 4.01. The van der Waals surface area contributed by atoms with E-state index in [1.165, 1.54) is 12.5 Å². The molecule has 0 bridgehead atoms. The zero-order valence-corrected chi connectivity index (χ0v) is 15.3. The number of hydrogen-bond acceptors (Lipinski definition) is 2. The summed E-state index contributed by atoms with van der Waals surface area (Å²) in [5.74, 6) is -0.0678. The summed E-state index contributed by atoms with van der Waals surface area (Å²) in [7, 11) is 0. The molecule has 23 heavy (non-hydrogen) atoms. The molecule has 0 aliphatic rings. The summed E-state index contributed by atoms with van der Waals surface area (Å²) in [6.07, 6.45) is 1.21. The van der Waals surface area contributed by atoms with Crippen molar-refractivity contribution in [3.63, 3.8) is 0 Å². The van der Waals surface area contributed by atoms with Gasteiger partial charge in [0.1, 0.15) is 0 Å². The van der Waals surface area contributed by atoms with Crippen molar-refractivity contribution in [1.29, 1.82) is 0 Å². The molecule has 1 rings (SSSR count). The summed E-state index contributed by atoms with van der Waals surface area (Å²) in [5.41, 5.74) is 2.14. The molecule has 0 saturated carbocycles. The zero-order chi connectivity index (χ0) is 17.6. The first kappa shape index (κ1) is 19.2. The van der Waals surface area contributed by atoms with Gasteiger partial charge in [0.05, 0.1) is 0 Å². The minimum absolute atomic E-state index is 0.0167. The molecule has 0 aliphatic heterocycles. The van der Waals surface area contributed by atoms with E-state index in [4.69, 9.17) is 0 Å². The van der Waals surface area contributed by atoms with Crippen molar-refractivity contribution in [2.24, 2.45) is 0 Å². The third-order valence-electron chi connectivity index (χ3n) is 4.01. The molecule has 0 radical (unpaired) electrons. The number of hydrogen-bond donors (Lipinski definition) is 1. The van der Waals surface area contributed by atoms with Gasteiger partial charge in [-0.1, -0.05) is 39.8 Å². The molecule has 4 heteroatoms. The van der Waals surface area contributed by atoms with Crippen LogP contribution in [0.2, 0.25) is 0 Å². The lowest BCUT2D eigenvalue weighted by atomic mass is 9.87. The molecular formula is C19H30N2O2. The molecule has 0 saturated heterocycles. The minimum Gasteiger partial charge on any atom is -0.354 e. The van der Waals surface area contributed by atoms with Gasteiger partial charge in [-0.15, -0.1) is 0 Å². The smallest absolute Gasteiger partial charge is 0.223 e. The highest BCUT2D eigenvalue weighted by molar-refractivity contribution is 5.92. The number of carbonyl (C=O) groups is 2. The lowest BCUT2D eigenvalue weighted by molar-refractivity contribution is -0.121. The monoisotopic (exact) mass is 318 g/mol. The fraction of sp³-hybridized carbons (Fsp3) is 0.579. The van der Waals surface area contributed by atoms with Gasteiger partial charge in [-0.05, 0) is 36.5 Å². The van der Waals surface area contributed by atoms with E-state index in [2.05, 4.69) is 26.1 Å². The Morgan fingerprint density at radius 3 is 2.17 bits per heavy atom. The summed E-state index contributed by atoms with van der Waals surface area (Å²) < 4.78 is 0. The molecule has 1 N–H and O–H groups in total. The fourth-order valence-electron chi connectivity index (χ4n) is 2.27. The summed E-state index contributed by atoms with van der Waals surface area (Å²) in [5, 5.41) is 2.93. The van der Waals surface area contributed by atoms with Crippen LogP contribution in [0.3, 0.4) is 0 Å². The van der Waals surface area contributed by atoms with Crippen LogP contribution >= 0.6 is 0 Å². The average Bonchev–Trinajstić information content (AvgIpc) is 2.46. The minimum atomic E-state index is -0.0511. The van der Waals surface area contributed by atoms with Crippen LogP contribution in [-0.2, 0) is 15.0 Å². The molecule has 1 atom stereocenters. The molecule has 0 spiro atoms. The van der Waals surface area contributed by atoms with Crippen LogP contribution in [-0.4, -0.2) is 24.4 Å². The standard InChI is InChI=1S/C19H30N2O2/c1-7-14(2)20-18(23)12-13-21(15(3)22)17-10-8-16(9-11-17)19(4,5)6/h8-11,14H,7,12-13H2,1-6H3,(H,20,23). The van der Waals surface area contributed by atoms with E-state index in [9.17, 15) is 9.59 Å². The number of nitrogens with zero attached hydrogens (tertiary/aromatic N) is 1. The predicted octanol–water partition coefficient (Wildman–Crippen LogP) is 3.64. The van der Waals surface area contributed by atoms with Gasteiger partial charge in [0.2, 0.25) is 11.8 Å². The zero-order valence-electron chi connectivity index (χ0n) is 15.3. The molecule has 128 valence electrons. The lowest BCUT2D eigenvalue weighted by Crippen LogP contribution is -2.36. The van der Waals surface area contributed by atoms with Crippen molar-refractivity contribution in [3.8, 4) is 0 Å². The maximum absolute atomic E-state index is 11.9. The maximum Gasteiger partial charge on any atom is 0.223 e. The van der Waals surface area contributed by atoms with Gasteiger partial charge >= 0.3 is 0 Å². The Labute approximate surface area is 140 Å². The third kappa shape index (κ3) is 6.05. The van der Waals surface area contributed by atoms with Gasteiger partial charge in [0.25, 0.3) is 0 Å². The van der Waals surface area contributed by atoms with Crippen molar-refractivity contribution in [2.45, 2.75) is 65.8 Å². The first-order chi connectivity index (χ1) is 10.6. The number of nitrogens with one attached hydrogen (secondary N) is 1. The first-order valence-corrected chi connectivity index (χ1v) is 8.33. The second-order valence-electron chi connectivity index (χ2n) is 7.09. The quantitative estimate of drug-likeness (QED) is 0.870. The Morgan fingerprint density at radius 1 is 1.17 bits per heavy atom. The number of carbonyl (C=O) groups excluding carboxylic acids is 2. The molecular weight excluding hydrogens is 288 g/mol. The highest BCUT2D eigenvalue weighted by atomic mass is 16.2. The molecule has 0 fully saturated rings. The topological polar surface area (TPSA) is 49.4 Å². The molecule has 2 amide bonds. The number of rotatable bonds is 6. The van der Waals surface area contributed by atoms with Crippen molar-refractivity contribution >= 4 is 17.5 Å². The Morgan fingerprint density at radius 2 is 1.74 bits per heavy atom. The summed E-state index contributed by atoms with van der Waals surface area (Å²) in [6.45, 7) is 12.4.